The van der Waals surface area contributed by atoms with Crippen molar-refractivity contribution < 1.29 is 4.79 Å². The molecule has 0 spiro atoms. The van der Waals surface area contributed by atoms with Gasteiger partial charge in [-0.25, -0.2) is 4.98 Å². The maximum atomic E-state index is 12.1. The normalized spacial score (nSPS) is 10.7. The summed E-state index contributed by atoms with van der Waals surface area (Å²) in [5, 5.41) is 4.93. The molecule has 1 heterocycles. The van der Waals surface area contributed by atoms with Gasteiger partial charge in [0.05, 0.1) is 22.0 Å². The average molecular weight is 340 g/mol. The first-order valence-electron chi connectivity index (χ1n) is 7.18. The molecule has 2 aromatic carbocycles. The van der Waals surface area contributed by atoms with E-state index in [1.165, 1.54) is 11.8 Å². The van der Waals surface area contributed by atoms with Gasteiger partial charge in [0.25, 0.3) is 0 Å². The van der Waals surface area contributed by atoms with E-state index in [9.17, 15) is 4.79 Å². The summed E-state index contributed by atoms with van der Waals surface area (Å²) in [6, 6.07) is 19.8. The van der Waals surface area contributed by atoms with Crippen LogP contribution in [-0.4, -0.2) is 22.9 Å². The number of carbonyl (C=O) groups is 1. The summed E-state index contributed by atoms with van der Waals surface area (Å²) < 4.78 is 0. The van der Waals surface area contributed by atoms with Gasteiger partial charge in [0.15, 0.2) is 0 Å². The van der Waals surface area contributed by atoms with Crippen LogP contribution in [-0.2, 0) is 4.79 Å². The lowest BCUT2D eigenvalue weighted by Gasteiger charge is -2.09. The minimum Gasteiger partial charge on any atom is -0.324 e. The molecule has 5 heteroatoms. The molecule has 116 valence electrons. The fraction of sp³-hybridized carbons (Fsp3) is 0.111. The Morgan fingerprint density at radius 1 is 1.04 bits per heavy atom. The highest BCUT2D eigenvalue weighted by Crippen LogP contribution is 2.25. The Kier molecular flexibility index (Phi) is 5.20. The molecule has 1 N–H and O–H groups in total. The third-order valence-electron chi connectivity index (χ3n) is 3.31. The van der Waals surface area contributed by atoms with Gasteiger partial charge < -0.3 is 5.32 Å². The molecule has 0 aliphatic carbocycles. The molecule has 3 aromatic rings. The average Bonchev–Trinajstić information content (AvgIpc) is 2.60. The number of thioether (sulfide) groups is 2. The van der Waals surface area contributed by atoms with E-state index in [1.54, 1.807) is 11.8 Å². The van der Waals surface area contributed by atoms with Crippen molar-refractivity contribution in [3.63, 3.8) is 0 Å². The Balaban J connectivity index is 1.63. The van der Waals surface area contributed by atoms with Crippen LogP contribution in [0.3, 0.4) is 0 Å². The van der Waals surface area contributed by atoms with Crippen LogP contribution in [0.25, 0.3) is 10.9 Å². The summed E-state index contributed by atoms with van der Waals surface area (Å²) in [4.78, 5) is 17.8. The monoisotopic (exact) mass is 340 g/mol. The van der Waals surface area contributed by atoms with Gasteiger partial charge in [0, 0.05) is 10.3 Å². The van der Waals surface area contributed by atoms with Crippen LogP contribution < -0.4 is 5.32 Å². The van der Waals surface area contributed by atoms with Crippen LogP contribution >= 0.6 is 23.5 Å². The summed E-state index contributed by atoms with van der Waals surface area (Å²) in [5.74, 6) is 0.320. The second-order valence-corrected chi connectivity index (χ2v) is 6.72. The zero-order valence-corrected chi connectivity index (χ0v) is 14.3. The molecule has 0 bridgehead atoms. The minimum absolute atomic E-state index is 0.0218. The molecule has 0 atom stereocenters. The predicted octanol–water partition coefficient (Wildman–Crippen LogP) is 4.69. The van der Waals surface area contributed by atoms with Gasteiger partial charge in [0.2, 0.25) is 5.91 Å². The SMILES string of the molecule is CSc1ccccc1NC(=O)CSc1ccc2ccccc2n1. The van der Waals surface area contributed by atoms with Gasteiger partial charge in [-0.2, -0.15) is 0 Å². The number of rotatable bonds is 5. The smallest absolute Gasteiger partial charge is 0.234 e. The summed E-state index contributed by atoms with van der Waals surface area (Å²) in [6.45, 7) is 0. The Hall–Kier alpha value is -1.98. The first-order valence-corrected chi connectivity index (χ1v) is 9.39. The number of carbonyl (C=O) groups excluding carboxylic acids is 1. The van der Waals surface area contributed by atoms with Crippen molar-refractivity contribution in [1.29, 1.82) is 0 Å². The molecule has 0 aliphatic rings. The van der Waals surface area contributed by atoms with Crippen LogP contribution in [0.5, 0.6) is 0 Å². The molecule has 23 heavy (non-hydrogen) atoms. The van der Waals surface area contributed by atoms with Gasteiger partial charge in [0.1, 0.15) is 0 Å². The van der Waals surface area contributed by atoms with Gasteiger partial charge in [-0.05, 0) is 30.5 Å². The van der Waals surface area contributed by atoms with Crippen LogP contribution in [0.1, 0.15) is 0 Å². The number of para-hydroxylation sites is 2. The van der Waals surface area contributed by atoms with Gasteiger partial charge in [-0.3, -0.25) is 4.79 Å². The molecule has 0 saturated carbocycles. The van der Waals surface area contributed by atoms with E-state index in [0.717, 1.165) is 26.5 Å². The van der Waals surface area contributed by atoms with Crippen molar-refractivity contribution in [2.24, 2.45) is 0 Å². The van der Waals surface area contributed by atoms with E-state index in [-0.39, 0.29) is 5.91 Å². The van der Waals surface area contributed by atoms with Crippen molar-refractivity contribution in [3.05, 3.63) is 60.7 Å². The largest absolute Gasteiger partial charge is 0.324 e. The number of aromatic nitrogens is 1. The molecule has 0 radical (unpaired) electrons. The molecule has 0 fully saturated rings. The Labute approximate surface area is 143 Å². The molecule has 0 saturated heterocycles. The first kappa shape index (κ1) is 15.9. The third-order valence-corrected chi connectivity index (χ3v) is 5.03. The number of pyridine rings is 1. The number of hydrogen-bond donors (Lipinski definition) is 1. The predicted molar refractivity (Wildman–Crippen MR) is 99.3 cm³/mol. The summed E-state index contributed by atoms with van der Waals surface area (Å²) >= 11 is 3.07. The summed E-state index contributed by atoms with van der Waals surface area (Å²) in [7, 11) is 0. The van der Waals surface area contributed by atoms with E-state index in [1.807, 2.05) is 66.9 Å². The maximum absolute atomic E-state index is 12.1. The van der Waals surface area contributed by atoms with Crippen molar-refractivity contribution in [1.82, 2.24) is 4.98 Å². The van der Waals surface area contributed by atoms with E-state index in [4.69, 9.17) is 0 Å². The van der Waals surface area contributed by atoms with E-state index >= 15 is 0 Å². The quantitative estimate of drug-likeness (QED) is 0.684. The Morgan fingerprint density at radius 3 is 2.70 bits per heavy atom. The van der Waals surface area contributed by atoms with Crippen LogP contribution in [0, 0.1) is 0 Å². The highest BCUT2D eigenvalue weighted by molar-refractivity contribution is 8.00. The molecular formula is C18H16N2OS2. The van der Waals surface area contributed by atoms with Crippen molar-refractivity contribution in [3.8, 4) is 0 Å². The van der Waals surface area contributed by atoms with Crippen LogP contribution in [0.2, 0.25) is 0 Å². The van der Waals surface area contributed by atoms with Gasteiger partial charge >= 0.3 is 0 Å². The summed E-state index contributed by atoms with van der Waals surface area (Å²) in [6.07, 6.45) is 2.00. The zero-order chi connectivity index (χ0) is 16.1. The molecule has 3 rings (SSSR count). The van der Waals surface area contributed by atoms with Crippen molar-refractivity contribution >= 4 is 46.0 Å². The highest BCUT2D eigenvalue weighted by Gasteiger charge is 2.07. The van der Waals surface area contributed by atoms with Crippen molar-refractivity contribution in [2.75, 3.05) is 17.3 Å². The molecule has 1 amide bonds. The molecule has 0 aliphatic heterocycles. The number of anilines is 1. The third kappa shape index (κ3) is 4.06. The number of amides is 1. The van der Waals surface area contributed by atoms with E-state index < -0.39 is 0 Å². The fourth-order valence-electron chi connectivity index (χ4n) is 2.20. The topological polar surface area (TPSA) is 42.0 Å². The number of hydrogen-bond acceptors (Lipinski definition) is 4. The Bertz CT molecular complexity index is 836. The molecule has 3 nitrogen and oxygen atoms in total. The summed E-state index contributed by atoms with van der Waals surface area (Å²) in [5.41, 5.74) is 1.81. The number of benzene rings is 2. The highest BCUT2D eigenvalue weighted by atomic mass is 32.2. The fourth-order valence-corrected chi connectivity index (χ4v) is 3.43. The van der Waals surface area contributed by atoms with Crippen LogP contribution in [0.4, 0.5) is 5.69 Å². The van der Waals surface area contributed by atoms with E-state index in [0.29, 0.717) is 5.75 Å². The maximum Gasteiger partial charge on any atom is 0.234 e. The number of fused-ring (bicyclic) bond motifs is 1. The van der Waals surface area contributed by atoms with Crippen molar-refractivity contribution in [2.45, 2.75) is 9.92 Å². The lowest BCUT2D eigenvalue weighted by atomic mass is 10.2. The second-order valence-electron chi connectivity index (χ2n) is 4.88. The molecule has 1 aromatic heterocycles. The number of nitrogens with zero attached hydrogens (tertiary/aromatic N) is 1. The molecular weight excluding hydrogens is 324 g/mol. The van der Waals surface area contributed by atoms with E-state index in [2.05, 4.69) is 10.3 Å². The first-order chi connectivity index (χ1) is 11.3. The van der Waals surface area contributed by atoms with Gasteiger partial charge in [-0.15, -0.1) is 11.8 Å². The zero-order valence-electron chi connectivity index (χ0n) is 12.7. The number of nitrogens with one attached hydrogen (secondary N) is 1. The second kappa shape index (κ2) is 7.53. The Morgan fingerprint density at radius 2 is 1.83 bits per heavy atom. The van der Waals surface area contributed by atoms with Gasteiger partial charge in [-0.1, -0.05) is 48.2 Å². The lowest BCUT2D eigenvalue weighted by Crippen LogP contribution is -2.14. The standard InChI is InChI=1S/C18H16N2OS2/c1-22-16-9-5-4-8-15(16)19-17(21)12-23-18-11-10-13-6-2-3-7-14(13)20-18/h2-11H,12H2,1H3,(H,19,21). The molecule has 0 unspecified atom stereocenters. The minimum atomic E-state index is -0.0218. The van der Waals surface area contributed by atoms with Crippen LogP contribution in [0.15, 0.2) is 70.6 Å². The lowest BCUT2D eigenvalue weighted by molar-refractivity contribution is -0.113.